The molecule has 2 atom stereocenters. The van der Waals surface area contributed by atoms with Crippen LogP contribution in [0.2, 0.25) is 0 Å². The van der Waals surface area contributed by atoms with Crippen LogP contribution in [0, 0.1) is 12.3 Å². The Bertz CT molecular complexity index is 322. The van der Waals surface area contributed by atoms with E-state index < -0.39 is 0 Å². The fourth-order valence-corrected chi connectivity index (χ4v) is 1.37. The van der Waals surface area contributed by atoms with Gasteiger partial charge in [-0.05, 0) is 16.8 Å². The van der Waals surface area contributed by atoms with Crippen molar-refractivity contribution in [3.05, 3.63) is 35.4 Å². The lowest BCUT2D eigenvalue weighted by Gasteiger charge is -2.06. The smallest absolute Gasteiger partial charge is 0.107 e. The molecule has 0 heterocycles. The van der Waals surface area contributed by atoms with Crippen LogP contribution in [-0.2, 0) is 11.3 Å². The Morgan fingerprint density at radius 3 is 2.24 bits per heavy atom. The molecule has 0 saturated carbocycles. The first-order valence-corrected chi connectivity index (χ1v) is 6.67. The maximum atomic E-state index is 5.23. The zero-order chi connectivity index (χ0) is 13.1. The highest BCUT2D eigenvalue weighted by molar-refractivity contribution is 7.17. The van der Waals surface area contributed by atoms with Crippen molar-refractivity contribution in [3.8, 4) is 12.3 Å². The fourth-order valence-electron chi connectivity index (χ4n) is 1.15. The van der Waals surface area contributed by atoms with Gasteiger partial charge in [0.05, 0.1) is 6.61 Å². The van der Waals surface area contributed by atoms with Gasteiger partial charge in [0.1, 0.15) is 6.61 Å². The van der Waals surface area contributed by atoms with E-state index in [9.17, 15) is 0 Å². The van der Waals surface area contributed by atoms with Crippen LogP contribution in [0.1, 0.15) is 44.0 Å². The minimum atomic E-state index is 0.377. The first kappa shape index (κ1) is 16.2. The van der Waals surface area contributed by atoms with Crippen molar-refractivity contribution >= 4 is 9.24 Å². The lowest BCUT2D eigenvalue weighted by atomic mass is 10.1. The first-order valence-electron chi connectivity index (χ1n) is 6.01. The summed E-state index contributed by atoms with van der Waals surface area (Å²) in [4.78, 5) is 0. The van der Waals surface area contributed by atoms with Crippen molar-refractivity contribution in [2.45, 2.75) is 39.5 Å². The van der Waals surface area contributed by atoms with Crippen LogP contribution in [0.3, 0.4) is 0 Å². The summed E-state index contributed by atoms with van der Waals surface area (Å²) in [5.41, 5.74) is 2.97. The van der Waals surface area contributed by atoms with Crippen LogP contribution >= 0.6 is 9.24 Å². The second-order valence-corrected chi connectivity index (χ2v) is 4.93. The molecule has 0 saturated heterocycles. The van der Waals surface area contributed by atoms with Gasteiger partial charge in [-0.3, -0.25) is 0 Å². The van der Waals surface area contributed by atoms with Crippen LogP contribution in [0.25, 0.3) is 0 Å². The third-order valence-electron chi connectivity index (χ3n) is 1.96. The predicted molar refractivity (Wildman–Crippen MR) is 79.0 cm³/mol. The number of rotatable bonds is 4. The first-order chi connectivity index (χ1) is 8.15. The molecule has 1 nitrogen and oxygen atoms in total. The summed E-state index contributed by atoms with van der Waals surface area (Å²) < 4.78 is 5.23. The molecule has 0 radical (unpaired) electrons. The Morgan fingerprint density at radius 2 is 1.82 bits per heavy atom. The topological polar surface area (TPSA) is 9.23 Å². The van der Waals surface area contributed by atoms with Crippen LogP contribution in [0.5, 0.6) is 0 Å². The molecule has 0 aliphatic rings. The molecule has 0 N–H and O–H groups in total. The van der Waals surface area contributed by atoms with Crippen molar-refractivity contribution in [3.63, 3.8) is 0 Å². The summed E-state index contributed by atoms with van der Waals surface area (Å²) >= 11 is 0. The minimum absolute atomic E-state index is 0.377. The average molecular weight is 250 g/mol. The van der Waals surface area contributed by atoms with Crippen molar-refractivity contribution in [2.75, 3.05) is 6.61 Å². The van der Waals surface area contributed by atoms with E-state index in [1.807, 2.05) is 0 Å². The Hall–Kier alpha value is -0.830. The van der Waals surface area contributed by atoms with Gasteiger partial charge in [-0.2, -0.15) is 0 Å². The molecule has 0 aliphatic heterocycles. The van der Waals surface area contributed by atoms with E-state index in [0.29, 0.717) is 18.9 Å². The van der Waals surface area contributed by atoms with Gasteiger partial charge >= 0.3 is 0 Å². The molecular weight excluding hydrogens is 227 g/mol. The number of benzene rings is 1. The SMILES string of the molecule is C#CCOCc1ccc(C(C)P)cc1.CCC. The van der Waals surface area contributed by atoms with Crippen LogP contribution < -0.4 is 0 Å². The fraction of sp³-hybridized carbons (Fsp3) is 0.467. The second kappa shape index (κ2) is 10.3. The third kappa shape index (κ3) is 7.97. The van der Waals surface area contributed by atoms with Gasteiger partial charge in [0.2, 0.25) is 0 Å². The van der Waals surface area contributed by atoms with Gasteiger partial charge < -0.3 is 4.74 Å². The molecular formula is C15H23OP. The standard InChI is InChI=1S/C12H15OP.C3H8/c1-3-8-13-9-11-4-6-12(7-5-11)10(2)14;1-3-2/h1,4-7,10H,8-9,14H2,2H3;3H2,1-2H3. The van der Waals surface area contributed by atoms with Gasteiger partial charge in [0.15, 0.2) is 0 Å². The summed E-state index contributed by atoms with van der Waals surface area (Å²) in [7, 11) is 2.77. The molecule has 0 spiro atoms. The Kier molecular flexibility index (Phi) is 9.83. The summed E-state index contributed by atoms with van der Waals surface area (Å²) in [5, 5.41) is 0. The lowest BCUT2D eigenvalue weighted by molar-refractivity contribution is 0.153. The molecule has 0 aliphatic carbocycles. The molecule has 0 amide bonds. The minimum Gasteiger partial charge on any atom is -0.364 e. The maximum absolute atomic E-state index is 5.23. The van der Waals surface area contributed by atoms with E-state index in [0.717, 1.165) is 5.56 Å². The predicted octanol–water partition coefficient (Wildman–Crippen LogP) is 4.19. The van der Waals surface area contributed by atoms with Gasteiger partial charge in [0, 0.05) is 0 Å². The Labute approximate surface area is 108 Å². The molecule has 2 heteroatoms. The van der Waals surface area contributed by atoms with Crippen LogP contribution in [-0.4, -0.2) is 6.61 Å². The number of terminal acetylenes is 1. The molecule has 1 rings (SSSR count). The van der Waals surface area contributed by atoms with Gasteiger partial charge in [-0.15, -0.1) is 15.7 Å². The van der Waals surface area contributed by atoms with E-state index in [1.54, 1.807) is 0 Å². The monoisotopic (exact) mass is 250 g/mol. The Balaban J connectivity index is 0.000000770. The molecule has 1 aromatic rings. The van der Waals surface area contributed by atoms with E-state index in [1.165, 1.54) is 12.0 Å². The van der Waals surface area contributed by atoms with E-state index in [4.69, 9.17) is 11.2 Å². The number of hydrogen-bond donors (Lipinski definition) is 0. The number of ether oxygens (including phenoxy) is 1. The van der Waals surface area contributed by atoms with Crippen molar-refractivity contribution < 1.29 is 4.74 Å². The molecule has 2 unspecified atom stereocenters. The van der Waals surface area contributed by atoms with E-state index in [2.05, 4.69) is 60.2 Å². The summed E-state index contributed by atoms with van der Waals surface area (Å²) in [6, 6.07) is 8.39. The van der Waals surface area contributed by atoms with Gasteiger partial charge in [-0.25, -0.2) is 0 Å². The number of hydrogen-bond acceptors (Lipinski definition) is 1. The summed E-state index contributed by atoms with van der Waals surface area (Å²) in [6.07, 6.45) is 6.33. The summed E-state index contributed by atoms with van der Waals surface area (Å²) in [6.45, 7) is 7.37. The lowest BCUT2D eigenvalue weighted by Crippen LogP contribution is -1.93. The normalized spacial score (nSPS) is 11.0. The van der Waals surface area contributed by atoms with Gasteiger partial charge in [-0.1, -0.05) is 57.4 Å². The van der Waals surface area contributed by atoms with Crippen molar-refractivity contribution in [1.29, 1.82) is 0 Å². The average Bonchev–Trinajstić information content (AvgIpc) is 2.31. The van der Waals surface area contributed by atoms with E-state index in [-0.39, 0.29) is 0 Å². The summed E-state index contributed by atoms with van der Waals surface area (Å²) in [5.74, 6) is 2.44. The van der Waals surface area contributed by atoms with E-state index >= 15 is 0 Å². The second-order valence-electron chi connectivity index (χ2n) is 3.93. The zero-order valence-corrected chi connectivity index (χ0v) is 12.2. The highest BCUT2D eigenvalue weighted by Gasteiger charge is 1.98. The quantitative estimate of drug-likeness (QED) is 0.442. The highest BCUT2D eigenvalue weighted by Crippen LogP contribution is 2.21. The Morgan fingerprint density at radius 1 is 1.29 bits per heavy atom. The van der Waals surface area contributed by atoms with Crippen molar-refractivity contribution in [1.82, 2.24) is 0 Å². The van der Waals surface area contributed by atoms with Crippen LogP contribution in [0.15, 0.2) is 24.3 Å². The van der Waals surface area contributed by atoms with Gasteiger partial charge in [0.25, 0.3) is 0 Å². The zero-order valence-electron chi connectivity index (χ0n) is 11.1. The maximum Gasteiger partial charge on any atom is 0.107 e. The third-order valence-corrected chi connectivity index (χ3v) is 2.34. The molecule has 0 bridgehead atoms. The van der Waals surface area contributed by atoms with Crippen LogP contribution in [0.4, 0.5) is 0 Å². The molecule has 0 aromatic heterocycles. The molecule has 1 aromatic carbocycles. The molecule has 17 heavy (non-hydrogen) atoms. The molecule has 0 fully saturated rings. The van der Waals surface area contributed by atoms with Crippen molar-refractivity contribution in [2.24, 2.45) is 0 Å². The highest BCUT2D eigenvalue weighted by atomic mass is 31.0. The molecule has 94 valence electrons. The largest absolute Gasteiger partial charge is 0.364 e.